The van der Waals surface area contributed by atoms with Crippen molar-refractivity contribution in [3.05, 3.63) is 35.4 Å². The van der Waals surface area contributed by atoms with Crippen LogP contribution in [0.4, 0.5) is 0 Å². The Morgan fingerprint density at radius 2 is 1.62 bits per heavy atom. The summed E-state index contributed by atoms with van der Waals surface area (Å²) in [5.41, 5.74) is 2.14. The lowest BCUT2D eigenvalue weighted by molar-refractivity contribution is -0.158. The van der Waals surface area contributed by atoms with Crippen LogP contribution in [0.3, 0.4) is 0 Å². The lowest BCUT2D eigenvalue weighted by Crippen LogP contribution is -2.56. The quantitative estimate of drug-likeness (QED) is 0.766. The standard InChI is InChI=1S/C20H27N3O3/c1-15-7-9-21(10-8-15)18(24)14-23-12-11-22(19(25)20(23)26)13-17-6-4-3-5-16(17)2/h3-6,15H,7-14H2,1-2H3. The van der Waals surface area contributed by atoms with Crippen LogP contribution in [0.2, 0.25) is 0 Å². The highest BCUT2D eigenvalue weighted by molar-refractivity contribution is 6.35. The van der Waals surface area contributed by atoms with Crippen molar-refractivity contribution in [2.75, 3.05) is 32.7 Å². The molecule has 0 bridgehead atoms. The number of carbonyl (C=O) groups excluding carboxylic acids is 3. The lowest BCUT2D eigenvalue weighted by Gasteiger charge is -2.36. The predicted molar refractivity (Wildman–Crippen MR) is 98.2 cm³/mol. The zero-order chi connectivity index (χ0) is 18.7. The summed E-state index contributed by atoms with van der Waals surface area (Å²) in [6.07, 6.45) is 2.01. The lowest BCUT2D eigenvalue weighted by atomic mass is 9.99. The Labute approximate surface area is 154 Å². The van der Waals surface area contributed by atoms with E-state index >= 15 is 0 Å². The smallest absolute Gasteiger partial charge is 0.312 e. The fraction of sp³-hybridized carbons (Fsp3) is 0.550. The molecule has 0 atom stereocenters. The summed E-state index contributed by atoms with van der Waals surface area (Å²) < 4.78 is 0. The van der Waals surface area contributed by atoms with E-state index in [-0.39, 0.29) is 12.5 Å². The second kappa shape index (κ2) is 7.89. The number of hydrogen-bond donors (Lipinski definition) is 0. The van der Waals surface area contributed by atoms with E-state index in [4.69, 9.17) is 0 Å². The molecule has 2 aliphatic rings. The van der Waals surface area contributed by atoms with Gasteiger partial charge >= 0.3 is 11.8 Å². The number of nitrogens with zero attached hydrogens (tertiary/aromatic N) is 3. The van der Waals surface area contributed by atoms with Crippen molar-refractivity contribution in [2.24, 2.45) is 5.92 Å². The second-order valence-corrected chi connectivity index (χ2v) is 7.44. The summed E-state index contributed by atoms with van der Waals surface area (Å²) in [6, 6.07) is 7.86. The molecule has 0 aliphatic carbocycles. The van der Waals surface area contributed by atoms with Crippen LogP contribution in [0.1, 0.15) is 30.9 Å². The highest BCUT2D eigenvalue weighted by Crippen LogP contribution is 2.17. The van der Waals surface area contributed by atoms with Gasteiger partial charge in [0.2, 0.25) is 5.91 Å². The van der Waals surface area contributed by atoms with Gasteiger partial charge in [0, 0.05) is 32.7 Å². The van der Waals surface area contributed by atoms with Crippen molar-refractivity contribution in [3.63, 3.8) is 0 Å². The third-order valence-electron chi connectivity index (χ3n) is 5.48. The first-order chi connectivity index (χ1) is 12.5. The van der Waals surface area contributed by atoms with Crippen LogP contribution in [0.25, 0.3) is 0 Å². The van der Waals surface area contributed by atoms with Crippen molar-refractivity contribution in [1.29, 1.82) is 0 Å². The number of piperazine rings is 1. The molecular weight excluding hydrogens is 330 g/mol. The van der Waals surface area contributed by atoms with Crippen LogP contribution in [0.5, 0.6) is 0 Å². The molecule has 6 heteroatoms. The minimum Gasteiger partial charge on any atom is -0.341 e. The fourth-order valence-electron chi connectivity index (χ4n) is 3.53. The van der Waals surface area contributed by atoms with E-state index in [0.29, 0.717) is 25.6 Å². The van der Waals surface area contributed by atoms with Crippen molar-refractivity contribution in [2.45, 2.75) is 33.2 Å². The van der Waals surface area contributed by atoms with Gasteiger partial charge in [-0.2, -0.15) is 0 Å². The van der Waals surface area contributed by atoms with Crippen LogP contribution >= 0.6 is 0 Å². The Morgan fingerprint density at radius 3 is 2.31 bits per heavy atom. The minimum absolute atomic E-state index is 0.0111. The van der Waals surface area contributed by atoms with Gasteiger partial charge in [0.25, 0.3) is 0 Å². The molecule has 6 nitrogen and oxygen atoms in total. The van der Waals surface area contributed by atoms with Crippen molar-refractivity contribution >= 4 is 17.7 Å². The average Bonchev–Trinajstić information content (AvgIpc) is 2.63. The zero-order valence-electron chi connectivity index (χ0n) is 15.6. The summed E-state index contributed by atoms with van der Waals surface area (Å²) in [5, 5.41) is 0. The van der Waals surface area contributed by atoms with Gasteiger partial charge in [-0.3, -0.25) is 14.4 Å². The molecule has 2 saturated heterocycles. The van der Waals surface area contributed by atoms with E-state index in [2.05, 4.69) is 6.92 Å². The molecule has 2 aliphatic heterocycles. The number of rotatable bonds is 4. The highest BCUT2D eigenvalue weighted by atomic mass is 16.2. The molecule has 0 aromatic heterocycles. The Kier molecular flexibility index (Phi) is 5.59. The van der Waals surface area contributed by atoms with Crippen molar-refractivity contribution < 1.29 is 14.4 Å². The van der Waals surface area contributed by atoms with Gasteiger partial charge < -0.3 is 14.7 Å². The van der Waals surface area contributed by atoms with Crippen molar-refractivity contribution in [3.8, 4) is 0 Å². The van der Waals surface area contributed by atoms with Crippen LogP contribution in [0.15, 0.2) is 24.3 Å². The summed E-state index contributed by atoms with van der Waals surface area (Å²) in [7, 11) is 0. The monoisotopic (exact) mass is 357 g/mol. The van der Waals surface area contributed by atoms with Crippen LogP contribution in [0, 0.1) is 12.8 Å². The van der Waals surface area contributed by atoms with Gasteiger partial charge in [-0.15, -0.1) is 0 Å². The Morgan fingerprint density at radius 1 is 1.00 bits per heavy atom. The number of hydrogen-bond acceptors (Lipinski definition) is 3. The number of likely N-dealkylation sites (tertiary alicyclic amines) is 1. The van der Waals surface area contributed by atoms with Gasteiger partial charge in [0.1, 0.15) is 6.54 Å². The molecule has 0 spiro atoms. The molecule has 3 rings (SSSR count). The normalized spacial score (nSPS) is 19.2. The number of amides is 3. The first kappa shape index (κ1) is 18.4. The topological polar surface area (TPSA) is 60.9 Å². The van der Waals surface area contributed by atoms with Gasteiger partial charge in [-0.1, -0.05) is 31.2 Å². The molecule has 1 aromatic carbocycles. The maximum Gasteiger partial charge on any atom is 0.312 e. The average molecular weight is 357 g/mol. The number of benzene rings is 1. The predicted octanol–water partition coefficient (Wildman–Crippen LogP) is 1.42. The molecule has 0 unspecified atom stereocenters. The number of aryl methyl sites for hydroxylation is 1. The van der Waals surface area contributed by atoms with E-state index in [9.17, 15) is 14.4 Å². The van der Waals surface area contributed by atoms with E-state index in [0.717, 1.165) is 37.1 Å². The highest BCUT2D eigenvalue weighted by Gasteiger charge is 2.34. The number of piperidine rings is 1. The largest absolute Gasteiger partial charge is 0.341 e. The van der Waals surface area contributed by atoms with E-state index in [1.54, 1.807) is 4.90 Å². The Hall–Kier alpha value is -2.37. The summed E-state index contributed by atoms with van der Waals surface area (Å²) >= 11 is 0. The van der Waals surface area contributed by atoms with Crippen LogP contribution in [-0.2, 0) is 20.9 Å². The van der Waals surface area contributed by atoms with Gasteiger partial charge in [0.15, 0.2) is 0 Å². The first-order valence-electron chi connectivity index (χ1n) is 9.36. The van der Waals surface area contributed by atoms with Crippen LogP contribution in [-0.4, -0.2) is 65.1 Å². The minimum atomic E-state index is -0.566. The maximum absolute atomic E-state index is 12.5. The molecule has 2 fully saturated rings. The maximum atomic E-state index is 12.5. The Bertz CT molecular complexity index is 695. The van der Waals surface area contributed by atoms with Gasteiger partial charge in [-0.25, -0.2) is 0 Å². The molecule has 26 heavy (non-hydrogen) atoms. The van der Waals surface area contributed by atoms with Gasteiger partial charge in [-0.05, 0) is 36.8 Å². The summed E-state index contributed by atoms with van der Waals surface area (Å²) in [6.45, 7) is 6.99. The molecule has 2 heterocycles. The summed E-state index contributed by atoms with van der Waals surface area (Å²) in [5.74, 6) is -0.485. The molecular formula is C20H27N3O3. The molecule has 0 N–H and O–H groups in total. The SMILES string of the molecule is Cc1ccccc1CN1CCN(CC(=O)N2CCC(C)CC2)C(=O)C1=O. The molecule has 0 saturated carbocycles. The summed E-state index contributed by atoms with van der Waals surface area (Å²) in [4.78, 5) is 42.2. The first-order valence-corrected chi connectivity index (χ1v) is 9.36. The van der Waals surface area contributed by atoms with Crippen LogP contribution < -0.4 is 0 Å². The van der Waals surface area contributed by atoms with E-state index < -0.39 is 11.8 Å². The van der Waals surface area contributed by atoms with E-state index in [1.165, 1.54) is 4.90 Å². The zero-order valence-corrected chi connectivity index (χ0v) is 15.6. The molecule has 3 amide bonds. The van der Waals surface area contributed by atoms with E-state index in [1.807, 2.05) is 36.1 Å². The molecule has 140 valence electrons. The van der Waals surface area contributed by atoms with Gasteiger partial charge in [0.05, 0.1) is 0 Å². The third-order valence-corrected chi connectivity index (χ3v) is 5.48. The fourth-order valence-corrected chi connectivity index (χ4v) is 3.53. The second-order valence-electron chi connectivity index (χ2n) is 7.44. The Balaban J connectivity index is 1.57. The molecule has 0 radical (unpaired) electrons. The third kappa shape index (κ3) is 4.06. The number of carbonyl (C=O) groups is 3. The van der Waals surface area contributed by atoms with Crippen molar-refractivity contribution in [1.82, 2.24) is 14.7 Å². The molecule has 1 aromatic rings.